The van der Waals surface area contributed by atoms with Gasteiger partial charge in [0.25, 0.3) is 0 Å². The molecule has 1 aromatic rings. The number of rotatable bonds is 6. The fourth-order valence-corrected chi connectivity index (χ4v) is 1.64. The highest BCUT2D eigenvalue weighted by Gasteiger charge is 2.08. The Hall–Kier alpha value is -1.09. The quantitative estimate of drug-likeness (QED) is 0.804. The second-order valence-electron chi connectivity index (χ2n) is 4.11. The predicted molar refractivity (Wildman–Crippen MR) is 66.7 cm³/mol. The van der Waals surface area contributed by atoms with Crippen LogP contribution < -0.4 is 10.5 Å². The first-order valence-electron chi connectivity index (χ1n) is 6.00. The predicted octanol–water partition coefficient (Wildman–Crippen LogP) is 2.46. The van der Waals surface area contributed by atoms with Crippen molar-refractivity contribution in [3.63, 3.8) is 0 Å². The van der Waals surface area contributed by atoms with Gasteiger partial charge in [-0.3, -0.25) is 4.98 Å². The van der Waals surface area contributed by atoms with Crippen molar-refractivity contribution in [1.29, 1.82) is 0 Å². The van der Waals surface area contributed by atoms with E-state index in [0.717, 1.165) is 42.9 Å². The van der Waals surface area contributed by atoms with Gasteiger partial charge in [0.05, 0.1) is 11.8 Å². The Morgan fingerprint density at radius 3 is 2.81 bits per heavy atom. The summed E-state index contributed by atoms with van der Waals surface area (Å²) in [6.45, 7) is 6.90. The van der Waals surface area contributed by atoms with Gasteiger partial charge in [-0.05, 0) is 51.8 Å². The van der Waals surface area contributed by atoms with E-state index >= 15 is 0 Å². The normalized spacial score (nSPS) is 12.5. The van der Waals surface area contributed by atoms with Gasteiger partial charge in [-0.2, -0.15) is 0 Å². The molecule has 0 radical (unpaired) electrons. The number of hydrogen-bond donors (Lipinski definition) is 1. The van der Waals surface area contributed by atoms with E-state index in [4.69, 9.17) is 10.5 Å². The molecule has 0 aliphatic heterocycles. The van der Waals surface area contributed by atoms with Crippen molar-refractivity contribution in [2.75, 3.05) is 6.54 Å². The van der Waals surface area contributed by atoms with Crippen LogP contribution in [0.2, 0.25) is 0 Å². The van der Waals surface area contributed by atoms with Crippen molar-refractivity contribution in [2.45, 2.75) is 46.1 Å². The van der Waals surface area contributed by atoms with Crippen LogP contribution in [0.25, 0.3) is 0 Å². The third-order valence-corrected chi connectivity index (χ3v) is 2.55. The van der Waals surface area contributed by atoms with E-state index in [9.17, 15) is 0 Å². The summed E-state index contributed by atoms with van der Waals surface area (Å²) >= 11 is 0. The molecule has 90 valence electrons. The lowest BCUT2D eigenvalue weighted by Gasteiger charge is -2.16. The zero-order chi connectivity index (χ0) is 12.0. The minimum Gasteiger partial charge on any atom is -0.489 e. The topological polar surface area (TPSA) is 48.1 Å². The molecule has 0 aromatic carbocycles. The zero-order valence-electron chi connectivity index (χ0n) is 10.5. The molecule has 0 aliphatic rings. The van der Waals surface area contributed by atoms with Crippen LogP contribution in [-0.4, -0.2) is 17.6 Å². The summed E-state index contributed by atoms with van der Waals surface area (Å²) in [5.41, 5.74) is 7.56. The highest BCUT2D eigenvalue weighted by Crippen LogP contribution is 2.19. The van der Waals surface area contributed by atoms with E-state index in [0.29, 0.717) is 0 Å². The van der Waals surface area contributed by atoms with Gasteiger partial charge in [-0.1, -0.05) is 6.92 Å². The highest BCUT2D eigenvalue weighted by atomic mass is 16.5. The molecule has 1 aromatic heterocycles. The molecule has 2 N–H and O–H groups in total. The van der Waals surface area contributed by atoms with E-state index in [2.05, 4.69) is 18.8 Å². The molecule has 0 fully saturated rings. The highest BCUT2D eigenvalue weighted by molar-refractivity contribution is 5.29. The maximum absolute atomic E-state index is 5.88. The number of hydrogen-bond acceptors (Lipinski definition) is 3. The summed E-state index contributed by atoms with van der Waals surface area (Å²) in [4.78, 5) is 4.48. The van der Waals surface area contributed by atoms with Crippen molar-refractivity contribution in [3.05, 3.63) is 23.5 Å². The second kappa shape index (κ2) is 6.48. The van der Waals surface area contributed by atoms with Crippen LogP contribution >= 0.6 is 0 Å². The number of aromatic nitrogens is 1. The van der Waals surface area contributed by atoms with Gasteiger partial charge in [-0.25, -0.2) is 0 Å². The molecule has 1 unspecified atom stereocenters. The van der Waals surface area contributed by atoms with Gasteiger partial charge in [0.15, 0.2) is 0 Å². The molecule has 1 rings (SSSR count). The van der Waals surface area contributed by atoms with Crippen LogP contribution in [0, 0.1) is 6.92 Å². The van der Waals surface area contributed by atoms with Gasteiger partial charge in [0.1, 0.15) is 5.75 Å². The second-order valence-corrected chi connectivity index (χ2v) is 4.11. The van der Waals surface area contributed by atoms with E-state index < -0.39 is 0 Å². The fraction of sp³-hybridized carbons (Fsp3) is 0.615. The summed E-state index contributed by atoms with van der Waals surface area (Å²) in [6, 6.07) is 4.00. The van der Waals surface area contributed by atoms with Crippen LogP contribution in [0.1, 0.15) is 38.1 Å². The Kier molecular flexibility index (Phi) is 5.26. The van der Waals surface area contributed by atoms with Crippen LogP contribution in [0.4, 0.5) is 0 Å². The molecule has 0 aliphatic carbocycles. The molecule has 0 spiro atoms. The average Bonchev–Trinajstić information content (AvgIpc) is 2.28. The number of nitrogens with zero attached hydrogens (tertiary/aromatic N) is 1. The largest absolute Gasteiger partial charge is 0.489 e. The number of ether oxygens (including phenoxy) is 1. The zero-order valence-corrected chi connectivity index (χ0v) is 10.5. The van der Waals surface area contributed by atoms with Gasteiger partial charge in [0.2, 0.25) is 0 Å². The minimum atomic E-state index is 0.207. The van der Waals surface area contributed by atoms with E-state index in [1.165, 1.54) is 0 Å². The van der Waals surface area contributed by atoms with Crippen molar-refractivity contribution in [1.82, 2.24) is 4.98 Å². The van der Waals surface area contributed by atoms with Crippen LogP contribution in [-0.2, 0) is 6.42 Å². The summed E-state index contributed by atoms with van der Waals surface area (Å²) in [7, 11) is 0. The first-order chi connectivity index (χ1) is 7.67. The van der Waals surface area contributed by atoms with E-state index in [1.807, 2.05) is 19.1 Å². The monoisotopic (exact) mass is 222 g/mol. The Labute approximate surface area is 98.0 Å². The summed E-state index contributed by atoms with van der Waals surface area (Å²) in [5.74, 6) is 0.914. The standard InChI is InChI=1S/C13H22N2O/c1-4-12-13(8-7-10(2)15-12)16-11(3)6-5-9-14/h7-8,11H,4-6,9,14H2,1-3H3. The van der Waals surface area contributed by atoms with Crippen molar-refractivity contribution in [2.24, 2.45) is 5.73 Å². The molecule has 0 bridgehead atoms. The van der Waals surface area contributed by atoms with Gasteiger partial charge >= 0.3 is 0 Å². The lowest BCUT2D eigenvalue weighted by atomic mass is 10.2. The van der Waals surface area contributed by atoms with Crippen molar-refractivity contribution >= 4 is 0 Å². The van der Waals surface area contributed by atoms with E-state index in [-0.39, 0.29) is 6.10 Å². The lowest BCUT2D eigenvalue weighted by molar-refractivity contribution is 0.206. The minimum absolute atomic E-state index is 0.207. The first-order valence-corrected chi connectivity index (χ1v) is 6.00. The SMILES string of the molecule is CCc1nc(C)ccc1OC(C)CCCN. The van der Waals surface area contributed by atoms with Crippen LogP contribution in [0.15, 0.2) is 12.1 Å². The average molecular weight is 222 g/mol. The Morgan fingerprint density at radius 1 is 1.44 bits per heavy atom. The van der Waals surface area contributed by atoms with Gasteiger partial charge in [0, 0.05) is 5.69 Å². The molecular formula is C13H22N2O. The number of aryl methyl sites for hydroxylation is 2. The van der Waals surface area contributed by atoms with Crippen molar-refractivity contribution < 1.29 is 4.74 Å². The third-order valence-electron chi connectivity index (χ3n) is 2.55. The number of pyridine rings is 1. The maximum Gasteiger partial charge on any atom is 0.141 e. The fourth-order valence-electron chi connectivity index (χ4n) is 1.64. The summed E-state index contributed by atoms with van der Waals surface area (Å²) in [5, 5.41) is 0. The smallest absolute Gasteiger partial charge is 0.141 e. The number of nitrogens with two attached hydrogens (primary N) is 1. The van der Waals surface area contributed by atoms with Crippen LogP contribution in [0.3, 0.4) is 0 Å². The Bertz CT molecular complexity index is 326. The molecule has 3 nitrogen and oxygen atoms in total. The van der Waals surface area contributed by atoms with Gasteiger partial charge < -0.3 is 10.5 Å². The molecule has 16 heavy (non-hydrogen) atoms. The maximum atomic E-state index is 5.88. The molecule has 1 heterocycles. The molecule has 1 atom stereocenters. The molecular weight excluding hydrogens is 200 g/mol. The Balaban J connectivity index is 2.65. The lowest BCUT2D eigenvalue weighted by Crippen LogP contribution is -2.15. The third kappa shape index (κ3) is 3.81. The van der Waals surface area contributed by atoms with Gasteiger partial charge in [-0.15, -0.1) is 0 Å². The molecule has 3 heteroatoms. The Morgan fingerprint density at radius 2 is 2.19 bits per heavy atom. The molecule has 0 saturated carbocycles. The molecule has 0 amide bonds. The summed E-state index contributed by atoms with van der Waals surface area (Å²) < 4.78 is 5.88. The van der Waals surface area contributed by atoms with E-state index in [1.54, 1.807) is 0 Å². The first kappa shape index (κ1) is 13.0. The van der Waals surface area contributed by atoms with Crippen LogP contribution in [0.5, 0.6) is 5.75 Å². The molecule has 0 saturated heterocycles. The van der Waals surface area contributed by atoms with Crippen molar-refractivity contribution in [3.8, 4) is 5.75 Å². The summed E-state index contributed by atoms with van der Waals surface area (Å²) in [6.07, 6.45) is 3.11.